The van der Waals surface area contributed by atoms with Gasteiger partial charge in [0.15, 0.2) is 17.3 Å². The number of likely N-dealkylation sites (N-methyl/N-ethyl adjacent to an activating group) is 1. The van der Waals surface area contributed by atoms with Gasteiger partial charge in [0, 0.05) is 24.5 Å². The molecule has 0 radical (unpaired) electrons. The molecule has 0 bridgehead atoms. The molecule has 6 heteroatoms. The van der Waals surface area contributed by atoms with E-state index in [2.05, 4.69) is 55.8 Å². The lowest BCUT2D eigenvalue weighted by Crippen LogP contribution is -2.28. The number of carbonyl (C=O) groups is 1. The van der Waals surface area contributed by atoms with Gasteiger partial charge in [-0.2, -0.15) is 0 Å². The summed E-state index contributed by atoms with van der Waals surface area (Å²) in [7, 11) is 0. The number of rotatable bonds is 11. The third kappa shape index (κ3) is 9.41. The zero-order chi connectivity index (χ0) is 25.6. The highest BCUT2D eigenvalue weighted by Crippen LogP contribution is 2.31. The minimum Gasteiger partial charge on any atom is -0.504 e. The molecule has 188 valence electrons. The number of nitrogens with zero attached hydrogens (tertiary/aromatic N) is 2. The average molecular weight is 479 g/mol. The first-order chi connectivity index (χ1) is 16.9. The largest absolute Gasteiger partial charge is 0.504 e. The van der Waals surface area contributed by atoms with Gasteiger partial charge in [-0.05, 0) is 74.3 Å². The number of aromatic nitrogens is 1. The van der Waals surface area contributed by atoms with Crippen molar-refractivity contribution in [2.75, 3.05) is 32.8 Å². The Balaban J connectivity index is 0.000000247. The maximum absolute atomic E-state index is 10.8. The highest BCUT2D eigenvalue weighted by Gasteiger charge is 2.06. The van der Waals surface area contributed by atoms with Crippen molar-refractivity contribution < 1.29 is 19.4 Å². The van der Waals surface area contributed by atoms with E-state index in [0.29, 0.717) is 5.75 Å². The molecule has 0 fully saturated rings. The van der Waals surface area contributed by atoms with Gasteiger partial charge in [-0.1, -0.05) is 45.0 Å². The molecule has 0 atom stereocenters. The minimum atomic E-state index is -0.0919. The van der Waals surface area contributed by atoms with E-state index in [1.54, 1.807) is 24.5 Å². The van der Waals surface area contributed by atoms with E-state index in [-0.39, 0.29) is 18.1 Å². The summed E-state index contributed by atoms with van der Waals surface area (Å²) < 4.78 is 11.0. The van der Waals surface area contributed by atoms with Gasteiger partial charge in [-0.25, -0.2) is 0 Å². The Labute approximate surface area is 209 Å². The van der Waals surface area contributed by atoms with Crippen LogP contribution in [0.4, 0.5) is 0 Å². The van der Waals surface area contributed by atoms with E-state index < -0.39 is 0 Å². The standard InChI is InChI=1S/C15H25NO.C14H13NO3/c1-5-14-8-9-15(13(4)12-14)17-11-10-16(6-2)7-3;1-10(16)9-18-14-5-4-11(7-13(14)17)12-3-2-6-15-8-12/h8-9,12H,5-7,10-11H2,1-4H3;2-8,17H,9H2,1H3. The van der Waals surface area contributed by atoms with Crippen LogP contribution in [0.2, 0.25) is 0 Å². The Morgan fingerprint density at radius 2 is 1.71 bits per heavy atom. The predicted molar refractivity (Wildman–Crippen MR) is 141 cm³/mol. The van der Waals surface area contributed by atoms with Crippen molar-refractivity contribution in [1.82, 2.24) is 9.88 Å². The normalized spacial score (nSPS) is 10.5. The van der Waals surface area contributed by atoms with E-state index >= 15 is 0 Å². The van der Waals surface area contributed by atoms with Gasteiger partial charge in [0.05, 0.1) is 0 Å². The van der Waals surface area contributed by atoms with Crippen LogP contribution in [-0.4, -0.2) is 53.6 Å². The summed E-state index contributed by atoms with van der Waals surface area (Å²) >= 11 is 0. The van der Waals surface area contributed by atoms with Crippen molar-refractivity contribution in [1.29, 1.82) is 0 Å². The van der Waals surface area contributed by atoms with Gasteiger partial charge in [0.25, 0.3) is 0 Å². The van der Waals surface area contributed by atoms with Crippen molar-refractivity contribution >= 4 is 5.78 Å². The molecule has 1 heterocycles. The lowest BCUT2D eigenvalue weighted by molar-refractivity contribution is -0.118. The molecule has 0 spiro atoms. The molecule has 1 N–H and O–H groups in total. The van der Waals surface area contributed by atoms with Crippen LogP contribution in [0.1, 0.15) is 38.8 Å². The molecule has 0 aliphatic carbocycles. The number of phenolic OH excluding ortho intramolecular Hbond substituents is 1. The molecule has 35 heavy (non-hydrogen) atoms. The summed E-state index contributed by atoms with van der Waals surface area (Å²) in [6, 6.07) is 15.2. The van der Waals surface area contributed by atoms with Crippen LogP contribution in [-0.2, 0) is 11.2 Å². The third-order valence-corrected chi connectivity index (χ3v) is 5.59. The van der Waals surface area contributed by atoms with Crippen molar-refractivity contribution in [2.24, 2.45) is 0 Å². The second-order valence-electron chi connectivity index (χ2n) is 8.24. The molecular weight excluding hydrogens is 440 g/mol. The molecule has 0 saturated heterocycles. The second kappa shape index (κ2) is 14.8. The summed E-state index contributed by atoms with van der Waals surface area (Å²) in [5, 5.41) is 9.81. The quantitative estimate of drug-likeness (QED) is 0.381. The zero-order valence-electron chi connectivity index (χ0n) is 21.6. The Kier molecular flexibility index (Phi) is 11.8. The highest BCUT2D eigenvalue weighted by molar-refractivity contribution is 5.77. The predicted octanol–water partition coefficient (Wildman–Crippen LogP) is 5.70. The van der Waals surface area contributed by atoms with Crippen LogP contribution < -0.4 is 9.47 Å². The van der Waals surface area contributed by atoms with Crippen molar-refractivity contribution in [3.05, 3.63) is 72.1 Å². The van der Waals surface area contributed by atoms with Crippen molar-refractivity contribution in [3.8, 4) is 28.4 Å². The SMILES string of the molecule is CC(=O)COc1ccc(-c2cccnc2)cc1O.CCc1ccc(OCCN(CC)CC)c(C)c1. The number of pyridine rings is 1. The van der Waals surface area contributed by atoms with E-state index in [0.717, 1.165) is 49.5 Å². The first kappa shape index (κ1) is 27.9. The number of aryl methyl sites for hydroxylation is 2. The molecule has 6 nitrogen and oxygen atoms in total. The van der Waals surface area contributed by atoms with Crippen LogP contribution in [0.15, 0.2) is 60.9 Å². The van der Waals surface area contributed by atoms with Crippen molar-refractivity contribution in [3.63, 3.8) is 0 Å². The number of hydrogen-bond acceptors (Lipinski definition) is 6. The second-order valence-corrected chi connectivity index (χ2v) is 8.24. The first-order valence-corrected chi connectivity index (χ1v) is 12.2. The number of carbonyl (C=O) groups excluding carboxylic acids is 1. The molecule has 3 aromatic rings. The Bertz CT molecular complexity index is 1050. The summed E-state index contributed by atoms with van der Waals surface area (Å²) in [6.07, 6.45) is 4.49. The summed E-state index contributed by atoms with van der Waals surface area (Å²) in [5.41, 5.74) is 4.36. The topological polar surface area (TPSA) is 71.9 Å². The van der Waals surface area contributed by atoms with Gasteiger partial charge in [-0.15, -0.1) is 0 Å². The number of benzene rings is 2. The van der Waals surface area contributed by atoms with Gasteiger partial charge in [0.2, 0.25) is 0 Å². The van der Waals surface area contributed by atoms with E-state index in [1.165, 1.54) is 18.1 Å². The van der Waals surface area contributed by atoms with Crippen molar-refractivity contribution in [2.45, 2.75) is 41.0 Å². The molecule has 2 aromatic carbocycles. The molecule has 0 unspecified atom stereocenters. The Morgan fingerprint density at radius 1 is 0.971 bits per heavy atom. The molecule has 0 aliphatic heterocycles. The summed E-state index contributed by atoms with van der Waals surface area (Å²) in [5.74, 6) is 1.25. The highest BCUT2D eigenvalue weighted by atomic mass is 16.5. The number of aromatic hydroxyl groups is 1. The monoisotopic (exact) mass is 478 g/mol. The van der Waals surface area contributed by atoms with Crippen LogP contribution in [0.5, 0.6) is 17.2 Å². The zero-order valence-corrected chi connectivity index (χ0v) is 21.6. The van der Waals surface area contributed by atoms with E-state index in [9.17, 15) is 9.90 Å². The molecule has 3 rings (SSSR count). The maximum atomic E-state index is 10.8. The van der Waals surface area contributed by atoms with E-state index in [4.69, 9.17) is 9.47 Å². The summed E-state index contributed by atoms with van der Waals surface area (Å²) in [6.45, 7) is 14.0. The molecule has 0 aliphatic rings. The molecule has 0 amide bonds. The number of hydrogen-bond donors (Lipinski definition) is 1. The van der Waals surface area contributed by atoms with Crippen LogP contribution in [0, 0.1) is 6.92 Å². The number of ketones is 1. The fourth-order valence-corrected chi connectivity index (χ4v) is 3.45. The third-order valence-electron chi connectivity index (χ3n) is 5.59. The fraction of sp³-hybridized carbons (Fsp3) is 0.379. The fourth-order valence-electron chi connectivity index (χ4n) is 3.45. The van der Waals surface area contributed by atoms with Gasteiger partial charge in [-0.3, -0.25) is 9.78 Å². The Hall–Kier alpha value is -3.38. The maximum Gasteiger partial charge on any atom is 0.167 e. The number of phenols is 1. The van der Waals surface area contributed by atoms with Gasteiger partial charge in [0.1, 0.15) is 19.0 Å². The van der Waals surface area contributed by atoms with Crippen LogP contribution in [0.3, 0.4) is 0 Å². The smallest absolute Gasteiger partial charge is 0.167 e. The van der Waals surface area contributed by atoms with Gasteiger partial charge >= 0.3 is 0 Å². The van der Waals surface area contributed by atoms with Crippen LogP contribution >= 0.6 is 0 Å². The summed E-state index contributed by atoms with van der Waals surface area (Å²) in [4.78, 5) is 17.2. The lowest BCUT2D eigenvalue weighted by atomic mass is 10.1. The molecular formula is C29H38N2O4. The minimum absolute atomic E-state index is 0.0117. The number of ether oxygens (including phenoxy) is 2. The lowest BCUT2D eigenvalue weighted by Gasteiger charge is -2.18. The molecule has 0 saturated carbocycles. The van der Waals surface area contributed by atoms with Crippen LogP contribution in [0.25, 0.3) is 11.1 Å². The van der Waals surface area contributed by atoms with Gasteiger partial charge < -0.3 is 19.5 Å². The number of Topliss-reactive ketones (excluding diaryl/α,β-unsaturated/α-hetero) is 1. The first-order valence-electron chi connectivity index (χ1n) is 12.2. The molecule has 1 aromatic heterocycles. The average Bonchev–Trinajstić information content (AvgIpc) is 2.87. The Morgan fingerprint density at radius 3 is 2.29 bits per heavy atom. The van der Waals surface area contributed by atoms with E-state index in [1.807, 2.05) is 18.2 Å².